The zero-order valence-corrected chi connectivity index (χ0v) is 18.5. The van der Waals surface area contributed by atoms with E-state index in [-0.39, 0.29) is 22.7 Å². The Bertz CT molecular complexity index is 779. The van der Waals surface area contributed by atoms with Crippen molar-refractivity contribution in [3.63, 3.8) is 0 Å². The Morgan fingerprint density at radius 2 is 1.64 bits per heavy atom. The van der Waals surface area contributed by atoms with Gasteiger partial charge < -0.3 is 5.32 Å². The van der Waals surface area contributed by atoms with Crippen LogP contribution in [0.25, 0.3) is 0 Å². The van der Waals surface area contributed by atoms with E-state index in [1.165, 1.54) is 18.6 Å². The first kappa shape index (κ1) is 24.4. The van der Waals surface area contributed by atoms with E-state index >= 15 is 0 Å². The average molecular weight is 431 g/mol. The van der Waals surface area contributed by atoms with Crippen LogP contribution in [0.15, 0.2) is 17.0 Å². The Labute approximate surface area is 173 Å². The highest BCUT2D eigenvalue weighted by atomic mass is 35.5. The van der Waals surface area contributed by atoms with Gasteiger partial charge in [0.05, 0.1) is 4.90 Å². The molecule has 158 valence electrons. The summed E-state index contributed by atoms with van der Waals surface area (Å²) in [6, 6.07) is 1.89. The number of rotatable bonds is 12. The minimum absolute atomic E-state index is 0.0665. The van der Waals surface area contributed by atoms with Crippen LogP contribution in [0.2, 0.25) is 5.02 Å². The highest BCUT2D eigenvalue weighted by Crippen LogP contribution is 2.28. The fourth-order valence-electron chi connectivity index (χ4n) is 2.87. The van der Waals surface area contributed by atoms with E-state index in [0.29, 0.717) is 30.0 Å². The van der Waals surface area contributed by atoms with Crippen molar-refractivity contribution >= 4 is 33.4 Å². The molecule has 28 heavy (non-hydrogen) atoms. The maximum atomic E-state index is 12.8. The normalized spacial score (nSPS) is 11.3. The summed E-state index contributed by atoms with van der Waals surface area (Å²) in [4.78, 5) is 24.4. The molecule has 0 aromatic heterocycles. The summed E-state index contributed by atoms with van der Waals surface area (Å²) >= 11 is 6.13. The van der Waals surface area contributed by atoms with E-state index in [1.807, 2.05) is 11.6 Å². The van der Waals surface area contributed by atoms with Crippen LogP contribution in [0.1, 0.15) is 81.1 Å². The fraction of sp³-hybridized carbons (Fsp3) is 0.600. The number of amides is 2. The number of carbonyl (C=O) groups excluding carboxylic acids is 2. The van der Waals surface area contributed by atoms with Gasteiger partial charge in [0.2, 0.25) is 0 Å². The number of carbonyl (C=O) groups is 2. The van der Waals surface area contributed by atoms with Crippen molar-refractivity contribution in [2.75, 3.05) is 6.54 Å². The van der Waals surface area contributed by atoms with Crippen molar-refractivity contribution in [2.24, 2.45) is 0 Å². The lowest BCUT2D eigenvalue weighted by Gasteiger charge is -2.14. The van der Waals surface area contributed by atoms with E-state index < -0.39 is 16.1 Å². The summed E-state index contributed by atoms with van der Waals surface area (Å²) in [5.41, 5.74) is 0.478. The first-order valence-corrected chi connectivity index (χ1v) is 11.7. The van der Waals surface area contributed by atoms with E-state index in [9.17, 15) is 18.0 Å². The molecular weight excluding hydrogens is 400 g/mol. The number of benzene rings is 1. The quantitative estimate of drug-likeness (QED) is 0.361. The van der Waals surface area contributed by atoms with Gasteiger partial charge >= 0.3 is 6.03 Å². The molecule has 0 atom stereocenters. The number of hydrogen-bond donors (Lipinski definition) is 2. The summed E-state index contributed by atoms with van der Waals surface area (Å²) in [5.74, 6) is -0.273. The van der Waals surface area contributed by atoms with Gasteiger partial charge in [-0.3, -0.25) is 4.79 Å². The average Bonchev–Trinajstić information content (AvgIpc) is 2.64. The summed E-state index contributed by atoms with van der Waals surface area (Å²) in [5, 5.41) is 2.77. The lowest BCUT2D eigenvalue weighted by molar-refractivity contribution is 0.0975. The zero-order valence-electron chi connectivity index (χ0n) is 16.9. The first-order chi connectivity index (χ1) is 13.2. The third kappa shape index (κ3) is 7.43. The first-order valence-electron chi connectivity index (χ1n) is 9.87. The van der Waals surface area contributed by atoms with Gasteiger partial charge in [0.25, 0.3) is 10.0 Å². The third-order valence-corrected chi connectivity index (χ3v) is 6.23. The molecule has 0 spiro atoms. The monoisotopic (exact) mass is 430 g/mol. The predicted octanol–water partition coefficient (Wildman–Crippen LogP) is 4.98. The van der Waals surface area contributed by atoms with Gasteiger partial charge in [-0.25, -0.2) is 17.9 Å². The van der Waals surface area contributed by atoms with Gasteiger partial charge in [-0.1, -0.05) is 57.6 Å². The second-order valence-electron chi connectivity index (χ2n) is 6.85. The molecule has 0 saturated heterocycles. The zero-order chi connectivity index (χ0) is 21.2. The minimum atomic E-state index is -4.19. The van der Waals surface area contributed by atoms with Crippen molar-refractivity contribution in [2.45, 2.75) is 77.0 Å². The molecule has 1 rings (SSSR count). The molecular formula is C20H31ClN2O4S. The van der Waals surface area contributed by atoms with E-state index in [0.717, 1.165) is 25.7 Å². The minimum Gasteiger partial charge on any atom is -0.337 e. The predicted molar refractivity (Wildman–Crippen MR) is 113 cm³/mol. The Morgan fingerprint density at radius 3 is 2.29 bits per heavy atom. The number of unbranched alkanes of at least 4 members (excludes halogenated alkanes) is 5. The summed E-state index contributed by atoms with van der Waals surface area (Å²) < 4.78 is 27.3. The molecule has 8 heteroatoms. The summed E-state index contributed by atoms with van der Waals surface area (Å²) in [7, 11) is -4.19. The molecule has 0 unspecified atom stereocenters. The number of halogens is 1. The molecule has 0 aliphatic heterocycles. The lowest BCUT2D eigenvalue weighted by atomic mass is 9.99. The molecule has 0 bridgehead atoms. The Morgan fingerprint density at radius 1 is 1.00 bits per heavy atom. The van der Waals surface area contributed by atoms with Gasteiger partial charge in [0.15, 0.2) is 5.78 Å². The van der Waals surface area contributed by atoms with Crippen molar-refractivity contribution in [3.8, 4) is 0 Å². The molecule has 2 N–H and O–H groups in total. The summed E-state index contributed by atoms with van der Waals surface area (Å²) in [6.45, 7) is 5.97. The fourth-order valence-corrected chi connectivity index (χ4v) is 4.24. The van der Waals surface area contributed by atoms with Crippen LogP contribution in [0.4, 0.5) is 4.79 Å². The maximum absolute atomic E-state index is 12.8. The molecule has 0 radical (unpaired) electrons. The Hall–Kier alpha value is -1.60. The van der Waals surface area contributed by atoms with Crippen molar-refractivity contribution in [1.82, 2.24) is 10.0 Å². The number of nitrogens with one attached hydrogen (secondary N) is 2. The molecule has 6 nitrogen and oxygen atoms in total. The molecule has 1 aromatic rings. The largest absolute Gasteiger partial charge is 0.337 e. The van der Waals surface area contributed by atoms with Crippen LogP contribution in [0, 0.1) is 6.92 Å². The Balaban J connectivity index is 2.97. The highest BCUT2D eigenvalue weighted by molar-refractivity contribution is 7.90. The SMILES string of the molecule is CCCCCCCCC(=O)c1c(S(=O)(=O)NC(=O)NCCC)ccc(Cl)c1C. The number of ketones is 1. The van der Waals surface area contributed by atoms with Gasteiger partial charge in [-0.2, -0.15) is 0 Å². The number of urea groups is 1. The van der Waals surface area contributed by atoms with Crippen LogP contribution in [-0.2, 0) is 10.0 Å². The van der Waals surface area contributed by atoms with Crippen molar-refractivity contribution < 1.29 is 18.0 Å². The van der Waals surface area contributed by atoms with Crippen molar-refractivity contribution in [1.29, 1.82) is 0 Å². The Kier molecular flexibility index (Phi) is 10.5. The molecule has 0 heterocycles. The van der Waals surface area contributed by atoms with Crippen LogP contribution in [0.5, 0.6) is 0 Å². The van der Waals surface area contributed by atoms with Crippen LogP contribution < -0.4 is 10.0 Å². The molecule has 0 aliphatic carbocycles. The van der Waals surface area contributed by atoms with Crippen LogP contribution in [-0.4, -0.2) is 26.8 Å². The number of sulfonamides is 1. The van der Waals surface area contributed by atoms with E-state index in [4.69, 9.17) is 11.6 Å². The van der Waals surface area contributed by atoms with Crippen LogP contribution in [0.3, 0.4) is 0 Å². The molecule has 2 amide bonds. The van der Waals surface area contributed by atoms with Crippen molar-refractivity contribution in [3.05, 3.63) is 28.3 Å². The van der Waals surface area contributed by atoms with Gasteiger partial charge in [0, 0.05) is 23.6 Å². The third-order valence-electron chi connectivity index (χ3n) is 4.45. The van der Waals surface area contributed by atoms with Gasteiger partial charge in [-0.15, -0.1) is 0 Å². The second-order valence-corrected chi connectivity index (χ2v) is 8.91. The standard InChI is InChI=1S/C20H31ClN2O4S/c1-4-6-7-8-9-10-11-17(24)19-15(3)16(21)12-13-18(19)28(26,27)23-20(25)22-14-5-2/h12-13H,4-11,14H2,1-3H3,(H2,22,23,25). The smallest absolute Gasteiger partial charge is 0.328 e. The number of Topliss-reactive ketones (excluding diaryl/α,β-unsaturated/α-hetero) is 1. The van der Waals surface area contributed by atoms with Gasteiger partial charge in [-0.05, 0) is 37.5 Å². The number of hydrogen-bond acceptors (Lipinski definition) is 4. The second kappa shape index (κ2) is 12.1. The van der Waals surface area contributed by atoms with Gasteiger partial charge in [0.1, 0.15) is 0 Å². The van der Waals surface area contributed by atoms with E-state index in [2.05, 4.69) is 12.2 Å². The molecule has 1 aromatic carbocycles. The molecule has 0 saturated carbocycles. The highest BCUT2D eigenvalue weighted by Gasteiger charge is 2.26. The topological polar surface area (TPSA) is 92.3 Å². The summed E-state index contributed by atoms with van der Waals surface area (Å²) in [6.07, 6.45) is 7.06. The molecule has 0 fully saturated rings. The maximum Gasteiger partial charge on any atom is 0.328 e. The van der Waals surface area contributed by atoms with Crippen LogP contribution >= 0.6 is 11.6 Å². The molecule has 0 aliphatic rings. The van der Waals surface area contributed by atoms with E-state index in [1.54, 1.807) is 6.92 Å². The lowest BCUT2D eigenvalue weighted by Crippen LogP contribution is -2.40.